The van der Waals surface area contributed by atoms with Crippen LogP contribution in [0.1, 0.15) is 5.56 Å². The molecular weight excluding hydrogens is 331 g/mol. The summed E-state index contributed by atoms with van der Waals surface area (Å²) in [5.41, 5.74) is 5.93. The fourth-order valence-corrected chi connectivity index (χ4v) is 1.97. The summed E-state index contributed by atoms with van der Waals surface area (Å²) in [4.78, 5) is 13.9. The van der Waals surface area contributed by atoms with Gasteiger partial charge in [-0.15, -0.1) is 0 Å². The average molecular weight is 341 g/mol. The number of nitrogens with one attached hydrogen (secondary N) is 1. The first-order chi connectivity index (χ1) is 9.47. The molecule has 0 fully saturated rings. The zero-order chi connectivity index (χ0) is 14.7. The van der Waals surface area contributed by atoms with E-state index in [0.29, 0.717) is 17.9 Å². The Morgan fingerprint density at radius 2 is 2.15 bits per heavy atom. The SMILES string of the molecule is Nc1nc(NCc2cc(F)ccc2Br)ccc1[N+](=O)[O-]. The number of halogens is 2. The van der Waals surface area contributed by atoms with E-state index in [1.54, 1.807) is 6.07 Å². The highest BCUT2D eigenvalue weighted by Crippen LogP contribution is 2.22. The quantitative estimate of drug-likeness (QED) is 0.658. The van der Waals surface area contributed by atoms with E-state index in [9.17, 15) is 14.5 Å². The Morgan fingerprint density at radius 3 is 2.80 bits per heavy atom. The molecule has 20 heavy (non-hydrogen) atoms. The molecule has 0 aliphatic heterocycles. The number of hydrogen-bond donors (Lipinski definition) is 2. The number of nitro groups is 1. The first-order valence-electron chi connectivity index (χ1n) is 5.56. The van der Waals surface area contributed by atoms with Crippen LogP contribution in [-0.4, -0.2) is 9.91 Å². The predicted molar refractivity (Wildman–Crippen MR) is 76.7 cm³/mol. The molecule has 1 aromatic carbocycles. The molecular formula is C12H10BrFN4O2. The standard InChI is InChI=1S/C12H10BrFN4O2/c13-9-2-1-8(14)5-7(9)6-16-11-4-3-10(18(19)20)12(15)17-11/h1-5H,6H2,(H3,15,16,17). The molecule has 0 bridgehead atoms. The molecule has 0 aliphatic carbocycles. The topological polar surface area (TPSA) is 94.1 Å². The predicted octanol–water partition coefficient (Wildman–Crippen LogP) is 3.09. The van der Waals surface area contributed by atoms with Gasteiger partial charge in [0, 0.05) is 17.1 Å². The summed E-state index contributed by atoms with van der Waals surface area (Å²) in [6.45, 7) is 0.308. The number of aromatic nitrogens is 1. The molecule has 0 atom stereocenters. The number of pyridine rings is 1. The van der Waals surface area contributed by atoms with Crippen molar-refractivity contribution in [1.82, 2.24) is 4.98 Å². The third-order valence-corrected chi connectivity index (χ3v) is 3.34. The highest BCUT2D eigenvalue weighted by molar-refractivity contribution is 9.10. The van der Waals surface area contributed by atoms with Crippen LogP contribution in [0.2, 0.25) is 0 Å². The third-order valence-electron chi connectivity index (χ3n) is 2.57. The van der Waals surface area contributed by atoms with Crippen LogP contribution < -0.4 is 11.1 Å². The Morgan fingerprint density at radius 1 is 1.40 bits per heavy atom. The van der Waals surface area contributed by atoms with Gasteiger partial charge >= 0.3 is 5.69 Å². The van der Waals surface area contributed by atoms with Crippen molar-refractivity contribution in [2.24, 2.45) is 0 Å². The molecule has 2 rings (SSSR count). The van der Waals surface area contributed by atoms with Gasteiger partial charge in [-0.3, -0.25) is 10.1 Å². The molecule has 3 N–H and O–H groups in total. The van der Waals surface area contributed by atoms with Gasteiger partial charge in [0.2, 0.25) is 5.82 Å². The Hall–Kier alpha value is -2.22. The molecule has 2 aromatic rings. The number of anilines is 2. The molecule has 104 valence electrons. The minimum Gasteiger partial charge on any atom is -0.378 e. The van der Waals surface area contributed by atoms with Crippen molar-refractivity contribution >= 4 is 33.3 Å². The minimum atomic E-state index is -0.602. The van der Waals surface area contributed by atoms with Crippen LogP contribution in [0.4, 0.5) is 21.7 Å². The number of hydrogen-bond acceptors (Lipinski definition) is 5. The van der Waals surface area contributed by atoms with E-state index in [1.807, 2.05) is 0 Å². The lowest BCUT2D eigenvalue weighted by atomic mass is 10.2. The van der Waals surface area contributed by atoms with Crippen LogP contribution in [0.5, 0.6) is 0 Å². The Balaban J connectivity index is 2.13. The van der Waals surface area contributed by atoms with Crippen molar-refractivity contribution in [2.75, 3.05) is 11.1 Å². The lowest BCUT2D eigenvalue weighted by molar-refractivity contribution is -0.384. The molecule has 0 radical (unpaired) electrons. The van der Waals surface area contributed by atoms with E-state index in [0.717, 1.165) is 4.47 Å². The van der Waals surface area contributed by atoms with Crippen molar-refractivity contribution in [3.8, 4) is 0 Å². The van der Waals surface area contributed by atoms with Crippen molar-refractivity contribution in [1.29, 1.82) is 0 Å². The zero-order valence-corrected chi connectivity index (χ0v) is 11.7. The van der Waals surface area contributed by atoms with Gasteiger partial charge in [-0.2, -0.15) is 0 Å². The van der Waals surface area contributed by atoms with Crippen LogP contribution in [-0.2, 0) is 6.54 Å². The molecule has 1 aromatic heterocycles. The maximum atomic E-state index is 13.1. The molecule has 0 aliphatic rings. The number of nitrogen functional groups attached to an aromatic ring is 1. The summed E-state index contributed by atoms with van der Waals surface area (Å²) in [6.07, 6.45) is 0. The van der Waals surface area contributed by atoms with Crippen LogP contribution in [0.15, 0.2) is 34.8 Å². The number of benzene rings is 1. The second-order valence-corrected chi connectivity index (χ2v) is 4.80. The normalized spacial score (nSPS) is 10.3. The number of nitrogens with zero attached hydrogens (tertiary/aromatic N) is 2. The molecule has 1 heterocycles. The van der Waals surface area contributed by atoms with Gasteiger partial charge in [-0.1, -0.05) is 15.9 Å². The molecule has 0 saturated carbocycles. The molecule has 8 heteroatoms. The fourth-order valence-electron chi connectivity index (χ4n) is 1.58. The van der Waals surface area contributed by atoms with Crippen molar-refractivity contribution in [3.63, 3.8) is 0 Å². The molecule has 0 unspecified atom stereocenters. The van der Waals surface area contributed by atoms with Gasteiger partial charge < -0.3 is 11.1 Å². The van der Waals surface area contributed by atoms with Crippen molar-refractivity contribution in [2.45, 2.75) is 6.54 Å². The van der Waals surface area contributed by atoms with E-state index in [2.05, 4.69) is 26.2 Å². The van der Waals surface area contributed by atoms with Gasteiger partial charge in [-0.05, 0) is 29.8 Å². The van der Waals surface area contributed by atoms with E-state index in [1.165, 1.54) is 24.3 Å². The Bertz CT molecular complexity index is 666. The molecule has 0 spiro atoms. The largest absolute Gasteiger partial charge is 0.378 e. The lowest BCUT2D eigenvalue weighted by Gasteiger charge is -2.08. The monoisotopic (exact) mass is 340 g/mol. The summed E-state index contributed by atoms with van der Waals surface area (Å²) >= 11 is 3.31. The van der Waals surface area contributed by atoms with E-state index in [4.69, 9.17) is 5.73 Å². The van der Waals surface area contributed by atoms with Gasteiger partial charge in [0.1, 0.15) is 11.6 Å². The summed E-state index contributed by atoms with van der Waals surface area (Å²) in [5, 5.41) is 13.5. The zero-order valence-electron chi connectivity index (χ0n) is 10.1. The maximum Gasteiger partial charge on any atom is 0.311 e. The molecule has 0 amide bonds. The van der Waals surface area contributed by atoms with Crippen LogP contribution in [0.3, 0.4) is 0 Å². The van der Waals surface area contributed by atoms with Gasteiger partial charge in [0.05, 0.1) is 4.92 Å². The summed E-state index contributed by atoms with van der Waals surface area (Å²) in [7, 11) is 0. The Labute approximate surface area is 122 Å². The minimum absolute atomic E-state index is 0.168. The van der Waals surface area contributed by atoms with Gasteiger partial charge in [-0.25, -0.2) is 9.37 Å². The highest BCUT2D eigenvalue weighted by Gasteiger charge is 2.12. The van der Waals surface area contributed by atoms with E-state index >= 15 is 0 Å². The van der Waals surface area contributed by atoms with Gasteiger partial charge in [0.25, 0.3) is 0 Å². The summed E-state index contributed by atoms with van der Waals surface area (Å²) in [5.74, 6) is -0.135. The number of nitrogens with two attached hydrogens (primary N) is 1. The molecule has 0 saturated heterocycles. The van der Waals surface area contributed by atoms with Crippen LogP contribution >= 0.6 is 15.9 Å². The van der Waals surface area contributed by atoms with Crippen LogP contribution in [0, 0.1) is 15.9 Å². The number of rotatable bonds is 4. The summed E-state index contributed by atoms with van der Waals surface area (Å²) < 4.78 is 13.9. The maximum absolute atomic E-state index is 13.1. The summed E-state index contributed by atoms with van der Waals surface area (Å²) in [6, 6.07) is 7.04. The second kappa shape index (κ2) is 5.83. The fraction of sp³-hybridized carbons (Fsp3) is 0.0833. The van der Waals surface area contributed by atoms with E-state index < -0.39 is 4.92 Å². The average Bonchev–Trinajstić information content (AvgIpc) is 2.39. The third kappa shape index (κ3) is 3.21. The first-order valence-corrected chi connectivity index (χ1v) is 6.35. The smallest absolute Gasteiger partial charge is 0.311 e. The molecule has 6 nitrogen and oxygen atoms in total. The highest BCUT2D eigenvalue weighted by atomic mass is 79.9. The van der Waals surface area contributed by atoms with Crippen molar-refractivity contribution in [3.05, 3.63) is 56.3 Å². The van der Waals surface area contributed by atoms with Gasteiger partial charge in [0.15, 0.2) is 0 Å². The first kappa shape index (κ1) is 14.2. The van der Waals surface area contributed by atoms with Crippen LogP contribution in [0.25, 0.3) is 0 Å². The lowest BCUT2D eigenvalue weighted by Crippen LogP contribution is -2.05. The second-order valence-electron chi connectivity index (χ2n) is 3.95. The Kier molecular flexibility index (Phi) is 4.14. The van der Waals surface area contributed by atoms with Crippen molar-refractivity contribution < 1.29 is 9.31 Å². The van der Waals surface area contributed by atoms with E-state index in [-0.39, 0.29) is 17.3 Å².